The quantitative estimate of drug-likeness (QED) is 0.413. The summed E-state index contributed by atoms with van der Waals surface area (Å²) in [6, 6.07) is 11.3. The molecule has 11 heteroatoms. The highest BCUT2D eigenvalue weighted by Gasteiger charge is 2.45. The standard InChI is InChI=1S/C24H22N8O2S/c1-15(27-22(34)19-11-32(14-26-19)24(13-25)7-8-24)21(33)29-23-28-20(12-35-23)17-5-3-4-16(10-17)18-6-9-31(2)30-18/h3-6,9-12,14-15H,7-8H2,1-2H3,(H,27,34)(H,28,29,33). The van der Waals surface area contributed by atoms with E-state index in [1.807, 2.05) is 49.0 Å². The zero-order valence-electron chi connectivity index (χ0n) is 19.1. The molecule has 35 heavy (non-hydrogen) atoms. The molecule has 2 amide bonds. The molecule has 176 valence electrons. The van der Waals surface area contributed by atoms with Gasteiger partial charge in [0.2, 0.25) is 5.91 Å². The molecule has 0 saturated heterocycles. The first kappa shape index (κ1) is 22.5. The number of hydrogen-bond donors (Lipinski definition) is 2. The SMILES string of the molecule is CC(NC(=O)c1cn(C2(C#N)CC2)cn1)C(=O)Nc1nc(-c2cccc(-c3ccn(C)n3)c2)cs1. The molecule has 1 aromatic carbocycles. The molecule has 5 rings (SSSR count). The van der Waals surface area contributed by atoms with Crippen molar-refractivity contribution >= 4 is 28.3 Å². The molecule has 4 aromatic rings. The highest BCUT2D eigenvalue weighted by molar-refractivity contribution is 7.14. The monoisotopic (exact) mass is 486 g/mol. The van der Waals surface area contributed by atoms with Crippen molar-refractivity contribution in [3.63, 3.8) is 0 Å². The molecule has 0 bridgehead atoms. The van der Waals surface area contributed by atoms with E-state index in [1.54, 1.807) is 22.4 Å². The van der Waals surface area contributed by atoms with Gasteiger partial charge in [-0.3, -0.25) is 14.3 Å². The molecule has 0 aliphatic heterocycles. The van der Waals surface area contributed by atoms with Crippen molar-refractivity contribution in [2.75, 3.05) is 5.32 Å². The van der Waals surface area contributed by atoms with Gasteiger partial charge >= 0.3 is 0 Å². The first-order valence-electron chi connectivity index (χ1n) is 11.0. The van der Waals surface area contributed by atoms with E-state index in [9.17, 15) is 14.9 Å². The molecule has 0 spiro atoms. The van der Waals surface area contributed by atoms with Gasteiger partial charge in [-0.1, -0.05) is 18.2 Å². The Morgan fingerprint density at radius 3 is 2.69 bits per heavy atom. The van der Waals surface area contributed by atoms with E-state index in [1.165, 1.54) is 17.7 Å². The van der Waals surface area contributed by atoms with Gasteiger partial charge in [0.1, 0.15) is 17.3 Å². The predicted molar refractivity (Wildman–Crippen MR) is 130 cm³/mol. The van der Waals surface area contributed by atoms with Crippen molar-refractivity contribution < 1.29 is 9.59 Å². The molecular weight excluding hydrogens is 464 g/mol. The Labute approximate surface area is 205 Å². The Balaban J connectivity index is 1.21. The van der Waals surface area contributed by atoms with Gasteiger partial charge in [0.05, 0.1) is 23.8 Å². The molecule has 3 aromatic heterocycles. The minimum Gasteiger partial charge on any atom is -0.339 e. The van der Waals surface area contributed by atoms with Crippen LogP contribution in [0, 0.1) is 11.3 Å². The number of carbonyl (C=O) groups is 2. The number of nitrogens with zero attached hydrogens (tertiary/aromatic N) is 6. The van der Waals surface area contributed by atoms with Crippen molar-refractivity contribution in [2.45, 2.75) is 31.3 Å². The van der Waals surface area contributed by atoms with Gasteiger partial charge in [0, 0.05) is 35.9 Å². The number of nitrogens with one attached hydrogen (secondary N) is 2. The second kappa shape index (κ2) is 8.81. The van der Waals surface area contributed by atoms with Gasteiger partial charge in [0.25, 0.3) is 5.91 Å². The summed E-state index contributed by atoms with van der Waals surface area (Å²) in [5.74, 6) is -0.872. The van der Waals surface area contributed by atoms with Gasteiger partial charge < -0.3 is 15.2 Å². The van der Waals surface area contributed by atoms with E-state index >= 15 is 0 Å². The van der Waals surface area contributed by atoms with Crippen LogP contribution >= 0.6 is 11.3 Å². The smallest absolute Gasteiger partial charge is 0.272 e. The first-order valence-corrected chi connectivity index (χ1v) is 11.9. The summed E-state index contributed by atoms with van der Waals surface area (Å²) >= 11 is 1.30. The van der Waals surface area contributed by atoms with Crippen LogP contribution in [0.1, 0.15) is 30.3 Å². The summed E-state index contributed by atoms with van der Waals surface area (Å²) in [7, 11) is 1.87. The maximum absolute atomic E-state index is 12.6. The second-order valence-corrected chi connectivity index (χ2v) is 9.35. The largest absolute Gasteiger partial charge is 0.339 e. The third-order valence-corrected chi connectivity index (χ3v) is 6.64. The van der Waals surface area contributed by atoms with Crippen LogP contribution in [-0.4, -0.2) is 42.2 Å². The van der Waals surface area contributed by atoms with Crippen LogP contribution in [0.5, 0.6) is 0 Å². The summed E-state index contributed by atoms with van der Waals surface area (Å²) in [6.45, 7) is 1.59. The second-order valence-electron chi connectivity index (χ2n) is 8.49. The van der Waals surface area contributed by atoms with Crippen molar-refractivity contribution in [3.05, 3.63) is 60.1 Å². The van der Waals surface area contributed by atoms with Crippen LogP contribution < -0.4 is 10.6 Å². The lowest BCUT2D eigenvalue weighted by atomic mass is 10.1. The van der Waals surface area contributed by atoms with Gasteiger partial charge in [-0.05, 0) is 31.9 Å². The number of amides is 2. The molecule has 0 radical (unpaired) electrons. The Kier molecular flexibility index (Phi) is 5.66. The Hall–Kier alpha value is -4.30. The van der Waals surface area contributed by atoms with Crippen LogP contribution in [0.4, 0.5) is 5.13 Å². The lowest BCUT2D eigenvalue weighted by Crippen LogP contribution is -2.41. The van der Waals surface area contributed by atoms with Gasteiger partial charge in [-0.15, -0.1) is 11.3 Å². The maximum Gasteiger partial charge on any atom is 0.272 e. The average molecular weight is 487 g/mol. The zero-order valence-corrected chi connectivity index (χ0v) is 19.9. The number of hydrogen-bond acceptors (Lipinski definition) is 7. The highest BCUT2D eigenvalue weighted by Crippen LogP contribution is 2.42. The molecule has 1 atom stereocenters. The summed E-state index contributed by atoms with van der Waals surface area (Å²) in [6.07, 6.45) is 6.39. The summed E-state index contributed by atoms with van der Waals surface area (Å²) in [5.41, 5.74) is 3.06. The summed E-state index contributed by atoms with van der Waals surface area (Å²) in [4.78, 5) is 33.8. The van der Waals surface area contributed by atoms with E-state index in [4.69, 9.17) is 0 Å². The third-order valence-electron chi connectivity index (χ3n) is 5.88. The molecule has 1 unspecified atom stereocenters. The molecular formula is C24H22N8O2S. The molecule has 2 N–H and O–H groups in total. The number of aryl methyl sites for hydroxylation is 1. The Morgan fingerprint density at radius 2 is 2.00 bits per heavy atom. The number of anilines is 1. The van der Waals surface area contributed by atoms with E-state index in [-0.39, 0.29) is 5.69 Å². The number of benzene rings is 1. The normalized spacial score (nSPS) is 14.7. The molecule has 3 heterocycles. The first-order chi connectivity index (χ1) is 16.9. The Morgan fingerprint density at radius 1 is 1.23 bits per heavy atom. The highest BCUT2D eigenvalue weighted by atomic mass is 32.1. The van der Waals surface area contributed by atoms with Crippen molar-refractivity contribution in [2.24, 2.45) is 7.05 Å². The minimum absolute atomic E-state index is 0.162. The number of aromatic nitrogens is 5. The molecule has 1 fully saturated rings. The number of carbonyl (C=O) groups excluding carboxylic acids is 2. The van der Waals surface area contributed by atoms with Gasteiger partial charge in [-0.25, -0.2) is 9.97 Å². The van der Waals surface area contributed by atoms with Crippen LogP contribution in [-0.2, 0) is 17.4 Å². The third kappa shape index (κ3) is 4.56. The van der Waals surface area contributed by atoms with E-state index in [0.717, 1.165) is 35.4 Å². The van der Waals surface area contributed by atoms with Crippen LogP contribution in [0.2, 0.25) is 0 Å². The molecule has 1 aliphatic carbocycles. The molecule has 1 saturated carbocycles. The van der Waals surface area contributed by atoms with Gasteiger partial charge in [-0.2, -0.15) is 10.4 Å². The fourth-order valence-electron chi connectivity index (χ4n) is 3.64. The van der Waals surface area contributed by atoms with Crippen LogP contribution in [0.3, 0.4) is 0 Å². The number of rotatable bonds is 7. The molecule has 10 nitrogen and oxygen atoms in total. The van der Waals surface area contributed by atoms with Crippen molar-refractivity contribution in [1.82, 2.24) is 29.6 Å². The molecule has 1 aliphatic rings. The fourth-order valence-corrected chi connectivity index (χ4v) is 4.36. The minimum atomic E-state index is -0.807. The fraction of sp³-hybridized carbons (Fsp3) is 0.250. The number of thiazole rings is 1. The van der Waals surface area contributed by atoms with E-state index in [0.29, 0.717) is 5.13 Å². The zero-order chi connectivity index (χ0) is 24.6. The van der Waals surface area contributed by atoms with Gasteiger partial charge in [0.15, 0.2) is 5.13 Å². The Bertz CT molecular complexity index is 1460. The average Bonchev–Trinajstić information content (AvgIpc) is 3.22. The van der Waals surface area contributed by atoms with Crippen LogP contribution in [0.25, 0.3) is 22.5 Å². The van der Waals surface area contributed by atoms with E-state index in [2.05, 4.69) is 31.8 Å². The topological polar surface area (TPSA) is 131 Å². The lowest BCUT2D eigenvalue weighted by Gasteiger charge is -2.12. The van der Waals surface area contributed by atoms with E-state index < -0.39 is 23.4 Å². The lowest BCUT2D eigenvalue weighted by molar-refractivity contribution is -0.117. The predicted octanol–water partition coefficient (Wildman–Crippen LogP) is 3.18. The summed E-state index contributed by atoms with van der Waals surface area (Å²) in [5, 5.41) is 21.4. The maximum atomic E-state index is 12.6. The number of imidazole rings is 1. The summed E-state index contributed by atoms with van der Waals surface area (Å²) < 4.78 is 3.41. The number of nitriles is 1. The van der Waals surface area contributed by atoms with Crippen LogP contribution in [0.15, 0.2) is 54.4 Å². The van der Waals surface area contributed by atoms with Crippen molar-refractivity contribution in [1.29, 1.82) is 5.26 Å². The van der Waals surface area contributed by atoms with Crippen molar-refractivity contribution in [3.8, 4) is 28.6 Å².